The van der Waals surface area contributed by atoms with Crippen LogP contribution in [0.1, 0.15) is 52.0 Å². The van der Waals surface area contributed by atoms with Gasteiger partial charge in [-0.3, -0.25) is 9.78 Å². The molecule has 1 unspecified atom stereocenters. The van der Waals surface area contributed by atoms with Crippen LogP contribution in [0.2, 0.25) is 0 Å². The van der Waals surface area contributed by atoms with Crippen molar-refractivity contribution in [1.82, 2.24) is 29.9 Å². The van der Waals surface area contributed by atoms with E-state index in [2.05, 4.69) is 15.4 Å². The molecular weight excluding hydrogens is 408 g/mol. The molecule has 1 aromatic heterocycles. The molecule has 1 aliphatic heterocycles. The van der Waals surface area contributed by atoms with Gasteiger partial charge in [0.2, 0.25) is 5.91 Å². The molecule has 1 aliphatic rings. The molecular formula is C23H34N6O3. The maximum absolute atomic E-state index is 12.6. The van der Waals surface area contributed by atoms with Crippen LogP contribution in [0, 0.1) is 0 Å². The van der Waals surface area contributed by atoms with Crippen LogP contribution in [0.3, 0.4) is 0 Å². The van der Waals surface area contributed by atoms with Gasteiger partial charge >= 0.3 is 11.7 Å². The number of rotatable bonds is 8. The Hall–Kier alpha value is -3.10. The van der Waals surface area contributed by atoms with Gasteiger partial charge in [-0.15, -0.1) is 5.10 Å². The number of hydrogen-bond donors (Lipinski definition) is 2. The molecule has 0 aliphatic carbocycles. The Morgan fingerprint density at radius 2 is 1.84 bits per heavy atom. The maximum Gasteiger partial charge on any atom is 0.343 e. The Morgan fingerprint density at radius 1 is 1.12 bits per heavy atom. The van der Waals surface area contributed by atoms with Crippen LogP contribution in [0.15, 0.2) is 35.1 Å². The van der Waals surface area contributed by atoms with E-state index < -0.39 is 0 Å². The average molecular weight is 443 g/mol. The minimum absolute atomic E-state index is 0.0119. The van der Waals surface area contributed by atoms with E-state index in [4.69, 9.17) is 0 Å². The van der Waals surface area contributed by atoms with Crippen molar-refractivity contribution in [3.8, 4) is 11.4 Å². The summed E-state index contributed by atoms with van der Waals surface area (Å²) in [5.41, 5.74) is 0.632. The summed E-state index contributed by atoms with van der Waals surface area (Å²) in [5, 5.41) is 7.28. The van der Waals surface area contributed by atoms with Crippen molar-refractivity contribution in [3.63, 3.8) is 0 Å². The van der Waals surface area contributed by atoms with Gasteiger partial charge in [0.25, 0.3) is 0 Å². The first kappa shape index (κ1) is 23.6. The minimum atomic E-state index is -0.232. The highest BCUT2D eigenvalue weighted by Gasteiger charge is 2.24. The summed E-state index contributed by atoms with van der Waals surface area (Å²) in [6.45, 7) is 6.60. The van der Waals surface area contributed by atoms with E-state index in [0.29, 0.717) is 38.4 Å². The second kappa shape index (κ2) is 11.5. The number of nitrogens with zero attached hydrogens (tertiary/aromatic N) is 4. The topological polar surface area (TPSA) is 103 Å². The zero-order valence-electron chi connectivity index (χ0n) is 19.0. The molecule has 1 saturated heterocycles. The van der Waals surface area contributed by atoms with Crippen LogP contribution >= 0.6 is 0 Å². The molecule has 3 rings (SSSR count). The quantitative estimate of drug-likeness (QED) is 0.656. The Morgan fingerprint density at radius 3 is 2.53 bits per heavy atom. The average Bonchev–Trinajstić information content (AvgIpc) is 3.03. The fourth-order valence-electron chi connectivity index (χ4n) is 4.11. The predicted molar refractivity (Wildman–Crippen MR) is 123 cm³/mol. The molecule has 9 nitrogen and oxygen atoms in total. The molecule has 1 atom stereocenters. The van der Waals surface area contributed by atoms with Gasteiger partial charge in [-0.1, -0.05) is 44.2 Å². The molecule has 174 valence electrons. The standard InChI is InChI=1S/C23H34N6O3/c1-3-13-27(14-4-2)20(30)17-24-22(31)28-15-8-11-19(12-16-28)29-23(32)25-21(26-29)18-9-6-5-7-10-18/h5-7,9-10,19H,3-4,8,11-17H2,1-2H3,(H,24,31)(H,25,26,32). The highest BCUT2D eigenvalue weighted by molar-refractivity contribution is 5.84. The number of H-pyrrole nitrogens is 1. The molecule has 2 aromatic rings. The van der Waals surface area contributed by atoms with Crippen molar-refractivity contribution in [3.05, 3.63) is 40.8 Å². The van der Waals surface area contributed by atoms with Gasteiger partial charge in [0, 0.05) is 31.7 Å². The summed E-state index contributed by atoms with van der Waals surface area (Å²) in [4.78, 5) is 43.9. The first-order valence-corrected chi connectivity index (χ1v) is 11.6. The third kappa shape index (κ3) is 5.99. The predicted octanol–water partition coefficient (Wildman–Crippen LogP) is 2.62. The largest absolute Gasteiger partial charge is 0.343 e. The third-order valence-electron chi connectivity index (χ3n) is 5.75. The normalized spacial score (nSPS) is 16.4. The zero-order chi connectivity index (χ0) is 22.9. The van der Waals surface area contributed by atoms with Crippen molar-refractivity contribution in [2.75, 3.05) is 32.7 Å². The van der Waals surface area contributed by atoms with E-state index in [-0.39, 0.29) is 30.2 Å². The highest BCUT2D eigenvalue weighted by atomic mass is 16.2. The number of urea groups is 1. The van der Waals surface area contributed by atoms with E-state index in [9.17, 15) is 14.4 Å². The Balaban J connectivity index is 1.56. The summed E-state index contributed by atoms with van der Waals surface area (Å²) in [7, 11) is 0. The summed E-state index contributed by atoms with van der Waals surface area (Å²) < 4.78 is 1.51. The number of benzene rings is 1. The molecule has 2 N–H and O–H groups in total. The first-order valence-electron chi connectivity index (χ1n) is 11.6. The molecule has 0 radical (unpaired) electrons. The van der Waals surface area contributed by atoms with Crippen molar-refractivity contribution in [1.29, 1.82) is 0 Å². The maximum atomic E-state index is 12.6. The van der Waals surface area contributed by atoms with Crippen LogP contribution in [0.4, 0.5) is 4.79 Å². The molecule has 0 spiro atoms. The van der Waals surface area contributed by atoms with Gasteiger partial charge in [0.1, 0.15) is 0 Å². The van der Waals surface area contributed by atoms with Gasteiger partial charge in [0.15, 0.2) is 5.82 Å². The molecule has 2 heterocycles. The van der Waals surface area contributed by atoms with Crippen molar-refractivity contribution in [2.24, 2.45) is 0 Å². The highest BCUT2D eigenvalue weighted by Crippen LogP contribution is 2.22. The van der Waals surface area contributed by atoms with Crippen LogP contribution in [-0.2, 0) is 4.79 Å². The van der Waals surface area contributed by atoms with E-state index in [1.54, 1.807) is 9.80 Å². The number of carbonyl (C=O) groups is 2. The summed E-state index contributed by atoms with van der Waals surface area (Å²) in [6, 6.07) is 9.25. The van der Waals surface area contributed by atoms with Crippen LogP contribution in [0.25, 0.3) is 11.4 Å². The van der Waals surface area contributed by atoms with E-state index in [0.717, 1.165) is 31.2 Å². The Labute approximate surface area is 188 Å². The molecule has 3 amide bonds. The molecule has 0 saturated carbocycles. The number of aromatic nitrogens is 3. The Bertz CT molecular complexity index is 933. The lowest BCUT2D eigenvalue weighted by Gasteiger charge is -2.24. The van der Waals surface area contributed by atoms with Crippen molar-refractivity contribution >= 4 is 11.9 Å². The lowest BCUT2D eigenvalue weighted by atomic mass is 10.1. The number of carbonyl (C=O) groups excluding carboxylic acids is 2. The molecule has 1 fully saturated rings. The van der Waals surface area contributed by atoms with E-state index in [1.807, 2.05) is 44.2 Å². The second-order valence-electron chi connectivity index (χ2n) is 8.20. The van der Waals surface area contributed by atoms with E-state index in [1.165, 1.54) is 4.68 Å². The summed E-state index contributed by atoms with van der Waals surface area (Å²) >= 11 is 0. The summed E-state index contributed by atoms with van der Waals surface area (Å²) in [5.74, 6) is 0.503. The fraction of sp³-hybridized carbons (Fsp3) is 0.565. The fourth-order valence-corrected chi connectivity index (χ4v) is 4.11. The van der Waals surface area contributed by atoms with Gasteiger partial charge < -0.3 is 15.1 Å². The molecule has 1 aromatic carbocycles. The number of nitrogens with one attached hydrogen (secondary N) is 2. The van der Waals surface area contributed by atoms with Crippen LogP contribution in [0.5, 0.6) is 0 Å². The number of aromatic amines is 1. The Kier molecular flexibility index (Phi) is 8.47. The number of amides is 3. The second-order valence-corrected chi connectivity index (χ2v) is 8.20. The lowest BCUT2D eigenvalue weighted by molar-refractivity contribution is -0.130. The van der Waals surface area contributed by atoms with Crippen LogP contribution in [-0.4, -0.2) is 69.2 Å². The molecule has 9 heteroatoms. The van der Waals surface area contributed by atoms with Gasteiger partial charge in [0.05, 0.1) is 12.6 Å². The zero-order valence-corrected chi connectivity index (χ0v) is 19.0. The lowest BCUT2D eigenvalue weighted by Crippen LogP contribution is -2.46. The number of hydrogen-bond acceptors (Lipinski definition) is 4. The van der Waals surface area contributed by atoms with Gasteiger partial charge in [-0.25, -0.2) is 14.3 Å². The van der Waals surface area contributed by atoms with E-state index >= 15 is 0 Å². The smallest absolute Gasteiger partial charge is 0.341 e. The summed E-state index contributed by atoms with van der Waals surface area (Å²) in [6.07, 6.45) is 3.96. The van der Waals surface area contributed by atoms with Crippen LogP contribution < -0.4 is 11.0 Å². The molecule has 32 heavy (non-hydrogen) atoms. The molecule has 0 bridgehead atoms. The minimum Gasteiger partial charge on any atom is -0.341 e. The SMILES string of the molecule is CCCN(CCC)C(=O)CNC(=O)N1CCCC(n2nc(-c3ccccc3)[nH]c2=O)CC1. The third-order valence-corrected chi connectivity index (χ3v) is 5.75. The van der Waals surface area contributed by atoms with Gasteiger partial charge in [-0.05, 0) is 32.1 Å². The number of likely N-dealkylation sites (tertiary alicyclic amines) is 1. The van der Waals surface area contributed by atoms with Crippen molar-refractivity contribution < 1.29 is 9.59 Å². The first-order chi connectivity index (χ1) is 15.5. The van der Waals surface area contributed by atoms with Crippen molar-refractivity contribution in [2.45, 2.75) is 52.0 Å². The monoisotopic (exact) mass is 442 g/mol. The van der Waals surface area contributed by atoms with Gasteiger partial charge in [-0.2, -0.15) is 0 Å².